The molecule has 1 heterocycles. The summed E-state index contributed by atoms with van der Waals surface area (Å²) < 4.78 is 5.53. The average molecular weight is 354 g/mol. The number of hydrogen-bond donors (Lipinski definition) is 0. The minimum absolute atomic E-state index is 0.0707. The monoisotopic (exact) mass is 354 g/mol. The van der Waals surface area contributed by atoms with Gasteiger partial charge in [-0.1, -0.05) is 72.3 Å². The summed E-state index contributed by atoms with van der Waals surface area (Å²) >= 11 is 0. The molecule has 0 spiro atoms. The summed E-state index contributed by atoms with van der Waals surface area (Å²) in [6.07, 6.45) is 0. The molecule has 0 fully saturated rings. The van der Waals surface area contributed by atoms with Crippen molar-refractivity contribution in [1.82, 2.24) is 0 Å². The molecular weight excluding hydrogens is 336 g/mol. The molecule has 0 N–H and O–H groups in total. The summed E-state index contributed by atoms with van der Waals surface area (Å²) in [6.45, 7) is 3.89. The summed E-state index contributed by atoms with van der Waals surface area (Å²) in [6, 6.07) is 22.4. The molecule has 3 aromatic carbocycles. The second kappa shape index (κ2) is 6.69. The fourth-order valence-corrected chi connectivity index (χ4v) is 3.27. The van der Waals surface area contributed by atoms with Crippen LogP contribution in [0.5, 0.6) is 0 Å². The van der Waals surface area contributed by atoms with Gasteiger partial charge in [0.2, 0.25) is 5.78 Å². The lowest BCUT2D eigenvalue weighted by atomic mass is 9.92. The Labute approximate surface area is 156 Å². The lowest BCUT2D eigenvalue weighted by Crippen LogP contribution is -2.17. The zero-order valence-electron chi connectivity index (χ0n) is 15.2. The first-order valence-electron chi connectivity index (χ1n) is 8.79. The third kappa shape index (κ3) is 3.08. The summed E-state index contributed by atoms with van der Waals surface area (Å²) in [5.41, 5.74) is 3.88. The van der Waals surface area contributed by atoms with Crippen LogP contribution >= 0.6 is 0 Å². The van der Waals surface area contributed by atoms with Crippen molar-refractivity contribution in [1.29, 1.82) is 0 Å². The van der Waals surface area contributed by atoms with Crippen molar-refractivity contribution in [3.8, 4) is 11.1 Å². The highest BCUT2D eigenvalue weighted by atomic mass is 16.4. The van der Waals surface area contributed by atoms with Crippen LogP contribution in [0.1, 0.15) is 27.0 Å². The molecule has 3 heteroatoms. The maximum Gasteiger partial charge on any atom is 0.348 e. The Morgan fingerprint density at radius 1 is 0.815 bits per heavy atom. The van der Waals surface area contributed by atoms with E-state index in [0.717, 1.165) is 22.1 Å². The van der Waals surface area contributed by atoms with Crippen molar-refractivity contribution in [3.63, 3.8) is 0 Å². The largest absolute Gasteiger partial charge is 0.422 e. The molecule has 0 saturated carbocycles. The molecule has 1 aromatic heterocycles. The van der Waals surface area contributed by atoms with Crippen LogP contribution in [0.3, 0.4) is 0 Å². The van der Waals surface area contributed by atoms with Crippen LogP contribution in [-0.4, -0.2) is 5.78 Å². The topological polar surface area (TPSA) is 47.3 Å². The van der Waals surface area contributed by atoms with Crippen LogP contribution in [-0.2, 0) is 0 Å². The predicted molar refractivity (Wildman–Crippen MR) is 107 cm³/mol. The summed E-state index contributed by atoms with van der Waals surface area (Å²) in [7, 11) is 0. The van der Waals surface area contributed by atoms with E-state index in [1.807, 2.05) is 74.5 Å². The van der Waals surface area contributed by atoms with Crippen LogP contribution < -0.4 is 5.63 Å². The minimum atomic E-state index is -0.613. The number of benzene rings is 3. The maximum atomic E-state index is 13.2. The summed E-state index contributed by atoms with van der Waals surface area (Å²) in [5, 5.41) is 0.752. The first-order chi connectivity index (χ1) is 13.0. The normalized spacial score (nSPS) is 10.9. The number of aryl methyl sites for hydroxylation is 2. The lowest BCUT2D eigenvalue weighted by Gasteiger charge is -2.12. The van der Waals surface area contributed by atoms with Gasteiger partial charge in [0.05, 0.1) is 0 Å². The molecule has 132 valence electrons. The first kappa shape index (κ1) is 17.0. The van der Waals surface area contributed by atoms with Gasteiger partial charge in [-0.3, -0.25) is 4.79 Å². The molecule has 0 saturated heterocycles. The van der Waals surface area contributed by atoms with E-state index < -0.39 is 5.63 Å². The van der Waals surface area contributed by atoms with Gasteiger partial charge < -0.3 is 4.42 Å². The quantitative estimate of drug-likeness (QED) is 0.370. The van der Waals surface area contributed by atoms with E-state index in [1.165, 1.54) is 0 Å². The van der Waals surface area contributed by atoms with Crippen molar-refractivity contribution < 1.29 is 9.21 Å². The van der Waals surface area contributed by atoms with E-state index in [9.17, 15) is 9.59 Å². The highest BCUT2D eigenvalue weighted by molar-refractivity contribution is 6.16. The van der Waals surface area contributed by atoms with Crippen molar-refractivity contribution in [2.24, 2.45) is 0 Å². The number of fused-ring (bicyclic) bond motifs is 1. The number of carbonyl (C=O) groups excluding carboxylic acids is 1. The van der Waals surface area contributed by atoms with E-state index in [2.05, 4.69) is 0 Å². The van der Waals surface area contributed by atoms with E-state index in [-0.39, 0.29) is 11.3 Å². The number of carbonyl (C=O) groups is 1. The van der Waals surface area contributed by atoms with Crippen molar-refractivity contribution in [2.75, 3.05) is 0 Å². The molecular formula is C24H18O3. The Morgan fingerprint density at radius 2 is 1.48 bits per heavy atom. The molecule has 0 radical (unpaired) electrons. The fraction of sp³-hybridized carbons (Fsp3) is 0.0833. The highest BCUT2D eigenvalue weighted by Crippen LogP contribution is 2.32. The SMILES string of the molecule is Cc1ccc(C(=O)c2c(-c3ccccc3)c3ccc(C)cc3oc2=O)cc1. The number of rotatable bonds is 3. The van der Waals surface area contributed by atoms with Crippen molar-refractivity contribution in [2.45, 2.75) is 13.8 Å². The lowest BCUT2D eigenvalue weighted by molar-refractivity contribution is 0.103. The fourth-order valence-electron chi connectivity index (χ4n) is 3.27. The van der Waals surface area contributed by atoms with Crippen molar-refractivity contribution >= 4 is 16.8 Å². The summed E-state index contributed by atoms with van der Waals surface area (Å²) in [5.74, 6) is -0.329. The Morgan fingerprint density at radius 3 is 2.19 bits per heavy atom. The molecule has 0 atom stereocenters. The molecule has 0 bridgehead atoms. The van der Waals surface area contributed by atoms with Crippen LogP contribution in [0.2, 0.25) is 0 Å². The van der Waals surface area contributed by atoms with Crippen LogP contribution in [0, 0.1) is 13.8 Å². The summed E-state index contributed by atoms with van der Waals surface area (Å²) in [4.78, 5) is 26.1. The Kier molecular flexibility index (Phi) is 4.21. The van der Waals surface area contributed by atoms with Gasteiger partial charge >= 0.3 is 5.63 Å². The van der Waals surface area contributed by atoms with Gasteiger partial charge in [0.25, 0.3) is 0 Å². The molecule has 0 aliphatic heterocycles. The standard InChI is InChI=1S/C24H18O3/c1-15-8-11-18(12-9-15)23(25)22-21(17-6-4-3-5-7-17)19-13-10-16(2)14-20(19)27-24(22)26/h3-14H,1-2H3. The second-order valence-corrected chi connectivity index (χ2v) is 6.70. The van der Waals surface area contributed by atoms with Crippen LogP contribution in [0.25, 0.3) is 22.1 Å². The van der Waals surface area contributed by atoms with Gasteiger partial charge in [0.1, 0.15) is 11.1 Å². The Balaban J connectivity index is 2.06. The Hall–Kier alpha value is -3.46. The van der Waals surface area contributed by atoms with E-state index in [0.29, 0.717) is 16.7 Å². The van der Waals surface area contributed by atoms with Gasteiger partial charge in [-0.05, 0) is 31.0 Å². The highest BCUT2D eigenvalue weighted by Gasteiger charge is 2.23. The van der Waals surface area contributed by atoms with Crippen LogP contribution in [0.15, 0.2) is 82.0 Å². The zero-order chi connectivity index (χ0) is 19.0. The van der Waals surface area contributed by atoms with Crippen LogP contribution in [0.4, 0.5) is 0 Å². The first-order valence-corrected chi connectivity index (χ1v) is 8.79. The molecule has 0 unspecified atom stereocenters. The average Bonchev–Trinajstić information content (AvgIpc) is 2.67. The molecule has 0 aliphatic carbocycles. The number of hydrogen-bond acceptors (Lipinski definition) is 3. The van der Waals surface area contributed by atoms with E-state index in [1.54, 1.807) is 12.1 Å². The number of ketones is 1. The smallest absolute Gasteiger partial charge is 0.348 e. The predicted octanol–water partition coefficient (Wildman–Crippen LogP) is 5.31. The van der Waals surface area contributed by atoms with E-state index in [4.69, 9.17) is 4.42 Å². The maximum absolute atomic E-state index is 13.2. The van der Waals surface area contributed by atoms with Gasteiger partial charge in [-0.15, -0.1) is 0 Å². The Bertz CT molecular complexity index is 1200. The molecule has 4 rings (SSSR count). The van der Waals surface area contributed by atoms with Gasteiger partial charge in [0.15, 0.2) is 0 Å². The molecule has 4 aromatic rings. The molecule has 3 nitrogen and oxygen atoms in total. The zero-order valence-corrected chi connectivity index (χ0v) is 15.2. The van der Waals surface area contributed by atoms with Gasteiger partial charge in [-0.2, -0.15) is 0 Å². The molecule has 0 amide bonds. The molecule has 0 aliphatic rings. The molecule has 27 heavy (non-hydrogen) atoms. The third-order valence-corrected chi connectivity index (χ3v) is 4.67. The van der Waals surface area contributed by atoms with Gasteiger partial charge in [-0.25, -0.2) is 4.79 Å². The van der Waals surface area contributed by atoms with Gasteiger partial charge in [0, 0.05) is 16.5 Å². The van der Waals surface area contributed by atoms with Crippen molar-refractivity contribution in [3.05, 3.63) is 105 Å². The minimum Gasteiger partial charge on any atom is -0.422 e. The second-order valence-electron chi connectivity index (χ2n) is 6.70. The van der Waals surface area contributed by atoms with E-state index >= 15 is 0 Å². The third-order valence-electron chi connectivity index (χ3n) is 4.67.